The standard InChI is InChI=1S/C26H24N2O3S/c1-2-30-25(29)22-23(19-12-7-4-8-13-19)27-26(32)28-24(22)20-14-9-15-21(16-20)31-17-18-10-5-3-6-11-18/h3-16,24H,2,17H2,1H3,(H2,27,28,32). The van der Waals surface area contributed by atoms with Crippen molar-refractivity contribution in [1.82, 2.24) is 10.6 Å². The second-order valence-electron chi connectivity index (χ2n) is 7.25. The molecule has 32 heavy (non-hydrogen) atoms. The van der Waals surface area contributed by atoms with Gasteiger partial charge < -0.3 is 20.1 Å². The van der Waals surface area contributed by atoms with Crippen LogP contribution in [0, 0.1) is 0 Å². The molecule has 5 nitrogen and oxygen atoms in total. The van der Waals surface area contributed by atoms with Crippen LogP contribution in [0.2, 0.25) is 0 Å². The van der Waals surface area contributed by atoms with Gasteiger partial charge >= 0.3 is 5.97 Å². The van der Waals surface area contributed by atoms with E-state index in [2.05, 4.69) is 10.6 Å². The summed E-state index contributed by atoms with van der Waals surface area (Å²) < 4.78 is 11.4. The molecule has 1 atom stereocenters. The lowest BCUT2D eigenvalue weighted by Crippen LogP contribution is -2.45. The number of benzene rings is 3. The monoisotopic (exact) mass is 444 g/mol. The first-order chi connectivity index (χ1) is 15.7. The summed E-state index contributed by atoms with van der Waals surface area (Å²) in [6.07, 6.45) is 0. The Labute approximate surface area is 193 Å². The molecule has 0 fully saturated rings. The van der Waals surface area contributed by atoms with Crippen molar-refractivity contribution in [3.8, 4) is 5.75 Å². The number of carbonyl (C=O) groups is 1. The zero-order chi connectivity index (χ0) is 22.3. The molecular formula is C26H24N2O3S. The van der Waals surface area contributed by atoms with Crippen molar-refractivity contribution in [2.24, 2.45) is 0 Å². The number of hydrogen-bond acceptors (Lipinski definition) is 4. The molecule has 3 aromatic rings. The van der Waals surface area contributed by atoms with Crippen LogP contribution in [0.4, 0.5) is 0 Å². The van der Waals surface area contributed by atoms with Crippen LogP contribution in [0.3, 0.4) is 0 Å². The van der Waals surface area contributed by atoms with Gasteiger partial charge in [0, 0.05) is 0 Å². The molecule has 0 radical (unpaired) electrons. The molecule has 4 rings (SSSR count). The summed E-state index contributed by atoms with van der Waals surface area (Å²) in [4.78, 5) is 13.0. The van der Waals surface area contributed by atoms with Crippen molar-refractivity contribution in [3.05, 3.63) is 107 Å². The van der Waals surface area contributed by atoms with Crippen molar-refractivity contribution >= 4 is 29.0 Å². The number of nitrogens with one attached hydrogen (secondary N) is 2. The largest absolute Gasteiger partial charge is 0.489 e. The van der Waals surface area contributed by atoms with Crippen LogP contribution in [0.25, 0.3) is 5.70 Å². The van der Waals surface area contributed by atoms with E-state index >= 15 is 0 Å². The quantitative estimate of drug-likeness (QED) is 0.405. The van der Waals surface area contributed by atoms with Gasteiger partial charge in [0.25, 0.3) is 0 Å². The maximum absolute atomic E-state index is 13.0. The van der Waals surface area contributed by atoms with E-state index in [-0.39, 0.29) is 6.61 Å². The predicted molar refractivity (Wildman–Crippen MR) is 129 cm³/mol. The molecular weight excluding hydrogens is 420 g/mol. The fourth-order valence-corrected chi connectivity index (χ4v) is 3.82. The Hall–Kier alpha value is -3.64. The molecule has 0 aliphatic carbocycles. The normalized spacial score (nSPS) is 15.5. The molecule has 1 heterocycles. The maximum Gasteiger partial charge on any atom is 0.338 e. The van der Waals surface area contributed by atoms with E-state index < -0.39 is 12.0 Å². The number of thiocarbonyl (C=S) groups is 1. The van der Waals surface area contributed by atoms with E-state index in [0.717, 1.165) is 16.7 Å². The van der Waals surface area contributed by atoms with Crippen molar-refractivity contribution in [1.29, 1.82) is 0 Å². The lowest BCUT2D eigenvalue weighted by atomic mass is 9.92. The average Bonchev–Trinajstić information content (AvgIpc) is 2.83. The van der Waals surface area contributed by atoms with Gasteiger partial charge in [-0.05, 0) is 48.0 Å². The second kappa shape index (κ2) is 10.1. The summed E-state index contributed by atoms with van der Waals surface area (Å²) in [6.45, 7) is 2.53. The van der Waals surface area contributed by atoms with Gasteiger partial charge in [-0.3, -0.25) is 0 Å². The van der Waals surface area contributed by atoms with Gasteiger partial charge in [0.15, 0.2) is 5.11 Å². The molecule has 2 N–H and O–H groups in total. The summed E-state index contributed by atoms with van der Waals surface area (Å²) in [5, 5.41) is 6.82. The molecule has 162 valence electrons. The van der Waals surface area contributed by atoms with Gasteiger partial charge in [-0.15, -0.1) is 0 Å². The van der Waals surface area contributed by atoms with Crippen LogP contribution in [-0.4, -0.2) is 17.7 Å². The molecule has 3 aromatic carbocycles. The van der Waals surface area contributed by atoms with Crippen LogP contribution in [0.15, 0.2) is 90.5 Å². The summed E-state index contributed by atoms with van der Waals surface area (Å²) >= 11 is 5.47. The second-order valence-corrected chi connectivity index (χ2v) is 7.66. The highest BCUT2D eigenvalue weighted by Gasteiger charge is 2.33. The minimum absolute atomic E-state index is 0.280. The Morgan fingerprint density at radius 3 is 2.41 bits per heavy atom. The number of ether oxygens (including phenoxy) is 2. The van der Waals surface area contributed by atoms with Crippen LogP contribution in [0.1, 0.15) is 29.7 Å². The highest BCUT2D eigenvalue weighted by Crippen LogP contribution is 2.33. The molecule has 1 aliphatic heterocycles. The Balaban J connectivity index is 1.70. The smallest absolute Gasteiger partial charge is 0.338 e. The summed E-state index contributed by atoms with van der Waals surface area (Å²) in [7, 11) is 0. The number of hydrogen-bond donors (Lipinski definition) is 2. The third-order valence-corrected chi connectivity index (χ3v) is 5.29. The molecule has 0 saturated heterocycles. The first-order valence-electron chi connectivity index (χ1n) is 10.5. The highest BCUT2D eigenvalue weighted by atomic mass is 32.1. The van der Waals surface area contributed by atoms with Gasteiger partial charge in [0.2, 0.25) is 0 Å². The Bertz CT molecular complexity index is 1130. The minimum atomic E-state index is -0.474. The van der Waals surface area contributed by atoms with Crippen LogP contribution in [-0.2, 0) is 16.1 Å². The van der Waals surface area contributed by atoms with Gasteiger partial charge in [0.1, 0.15) is 12.4 Å². The van der Waals surface area contributed by atoms with E-state index in [1.165, 1.54) is 0 Å². The van der Waals surface area contributed by atoms with E-state index in [9.17, 15) is 4.79 Å². The summed E-state index contributed by atoms with van der Waals surface area (Å²) in [5.74, 6) is 0.316. The van der Waals surface area contributed by atoms with Gasteiger partial charge in [0.05, 0.1) is 23.9 Å². The fraction of sp³-hybridized carbons (Fsp3) is 0.154. The third-order valence-electron chi connectivity index (χ3n) is 5.07. The lowest BCUT2D eigenvalue weighted by Gasteiger charge is -2.31. The number of esters is 1. The highest BCUT2D eigenvalue weighted by molar-refractivity contribution is 7.80. The zero-order valence-electron chi connectivity index (χ0n) is 17.7. The van der Waals surface area contributed by atoms with Crippen LogP contribution in [0.5, 0.6) is 5.75 Å². The molecule has 0 aromatic heterocycles. The van der Waals surface area contributed by atoms with Gasteiger partial charge in [-0.2, -0.15) is 0 Å². The number of rotatable bonds is 7. The summed E-state index contributed by atoms with van der Waals surface area (Å²) in [6, 6.07) is 26.8. The average molecular weight is 445 g/mol. The first kappa shape index (κ1) is 21.6. The Morgan fingerprint density at radius 1 is 0.969 bits per heavy atom. The topological polar surface area (TPSA) is 59.6 Å². The molecule has 0 bridgehead atoms. The van der Waals surface area contributed by atoms with Gasteiger partial charge in [-0.1, -0.05) is 72.8 Å². The van der Waals surface area contributed by atoms with Gasteiger partial charge in [-0.25, -0.2) is 4.79 Å². The SMILES string of the molecule is CCOC(=O)C1=C(c2ccccc2)NC(=S)NC1c1cccc(OCc2ccccc2)c1. The summed E-state index contributed by atoms with van der Waals surface area (Å²) in [5.41, 5.74) is 3.93. The van der Waals surface area contributed by atoms with E-state index in [4.69, 9.17) is 21.7 Å². The Morgan fingerprint density at radius 2 is 1.69 bits per heavy atom. The third kappa shape index (κ3) is 4.98. The maximum atomic E-state index is 13.0. The minimum Gasteiger partial charge on any atom is -0.489 e. The Kier molecular flexibility index (Phi) is 6.82. The molecule has 0 saturated carbocycles. The number of carbonyl (C=O) groups excluding carboxylic acids is 1. The van der Waals surface area contributed by atoms with Crippen molar-refractivity contribution in [2.45, 2.75) is 19.6 Å². The molecule has 1 aliphatic rings. The predicted octanol–water partition coefficient (Wildman–Crippen LogP) is 4.76. The van der Waals surface area contributed by atoms with Crippen molar-refractivity contribution < 1.29 is 14.3 Å². The van der Waals surface area contributed by atoms with Crippen molar-refractivity contribution in [2.75, 3.05) is 6.61 Å². The van der Waals surface area contributed by atoms with Crippen LogP contribution >= 0.6 is 12.2 Å². The lowest BCUT2D eigenvalue weighted by molar-refractivity contribution is -0.138. The van der Waals surface area contributed by atoms with E-state index in [1.54, 1.807) is 6.92 Å². The van der Waals surface area contributed by atoms with E-state index in [0.29, 0.717) is 28.7 Å². The zero-order valence-corrected chi connectivity index (χ0v) is 18.5. The van der Waals surface area contributed by atoms with Crippen LogP contribution < -0.4 is 15.4 Å². The van der Waals surface area contributed by atoms with E-state index in [1.807, 2.05) is 84.9 Å². The molecule has 1 unspecified atom stereocenters. The molecule has 0 amide bonds. The molecule has 0 spiro atoms. The first-order valence-corrected chi connectivity index (χ1v) is 10.9. The molecule has 6 heteroatoms. The van der Waals surface area contributed by atoms with Crippen molar-refractivity contribution in [3.63, 3.8) is 0 Å². The fourth-order valence-electron chi connectivity index (χ4n) is 3.60.